The van der Waals surface area contributed by atoms with Gasteiger partial charge in [-0.15, -0.1) is 5.10 Å². The molecule has 0 saturated heterocycles. The van der Waals surface area contributed by atoms with E-state index in [1.165, 1.54) is 6.08 Å². The fourth-order valence-corrected chi connectivity index (χ4v) is 0.891. The van der Waals surface area contributed by atoms with Crippen molar-refractivity contribution in [1.82, 2.24) is 10.2 Å². The highest BCUT2D eigenvalue weighted by molar-refractivity contribution is 5.90. The molecule has 0 aliphatic carbocycles. The molecule has 1 rings (SSSR count). The largest absolute Gasteiger partial charge is 0.458 e. The summed E-state index contributed by atoms with van der Waals surface area (Å²) in [6.45, 7) is 3.06. The molecule has 1 N–H and O–H groups in total. The van der Waals surface area contributed by atoms with Crippen LogP contribution in [0.5, 0.6) is 0 Å². The summed E-state index contributed by atoms with van der Waals surface area (Å²) in [5.41, 5.74) is -1.76. The standard InChI is InChI=1S/C8H7F3N2O2/c1-2-3-15-8(14)4-5(6(9)10)12-13-7(4)11/h2,6H,1,3H2,(H,12,13). The van der Waals surface area contributed by atoms with Crippen LogP contribution in [-0.2, 0) is 4.74 Å². The Kier molecular flexibility index (Phi) is 3.48. The molecule has 0 radical (unpaired) electrons. The number of esters is 1. The lowest BCUT2D eigenvalue weighted by Gasteiger charge is -2.01. The van der Waals surface area contributed by atoms with Gasteiger partial charge in [-0.1, -0.05) is 12.7 Å². The van der Waals surface area contributed by atoms with Crippen molar-refractivity contribution < 1.29 is 22.7 Å². The molecule has 0 amide bonds. The molecule has 0 unspecified atom stereocenters. The Labute approximate surface area is 82.7 Å². The van der Waals surface area contributed by atoms with Gasteiger partial charge < -0.3 is 4.74 Å². The molecule has 1 aromatic rings. The molecule has 0 spiro atoms. The Balaban J connectivity index is 2.95. The first kappa shape index (κ1) is 11.3. The summed E-state index contributed by atoms with van der Waals surface area (Å²) in [6.07, 6.45) is -1.79. The van der Waals surface area contributed by atoms with E-state index in [9.17, 15) is 18.0 Å². The second-order valence-corrected chi connectivity index (χ2v) is 2.49. The van der Waals surface area contributed by atoms with Crippen molar-refractivity contribution in [3.63, 3.8) is 0 Å². The van der Waals surface area contributed by atoms with Crippen molar-refractivity contribution in [1.29, 1.82) is 0 Å². The fourth-order valence-electron chi connectivity index (χ4n) is 0.891. The van der Waals surface area contributed by atoms with Gasteiger partial charge in [-0.25, -0.2) is 13.6 Å². The summed E-state index contributed by atoms with van der Waals surface area (Å²) < 4.78 is 41.8. The van der Waals surface area contributed by atoms with Crippen LogP contribution in [0.1, 0.15) is 22.5 Å². The first-order chi connectivity index (χ1) is 7.07. The van der Waals surface area contributed by atoms with Gasteiger partial charge in [0.25, 0.3) is 6.43 Å². The number of nitrogens with zero attached hydrogens (tertiary/aromatic N) is 1. The minimum atomic E-state index is -3.02. The van der Waals surface area contributed by atoms with E-state index in [0.717, 1.165) is 0 Å². The van der Waals surface area contributed by atoms with Gasteiger partial charge in [0, 0.05) is 0 Å². The predicted molar refractivity (Wildman–Crippen MR) is 44.0 cm³/mol. The van der Waals surface area contributed by atoms with Crippen LogP contribution in [0.3, 0.4) is 0 Å². The van der Waals surface area contributed by atoms with Gasteiger partial charge in [0.05, 0.1) is 0 Å². The van der Waals surface area contributed by atoms with Crippen molar-refractivity contribution in [2.24, 2.45) is 0 Å². The molecule has 7 heteroatoms. The topological polar surface area (TPSA) is 55.0 Å². The summed E-state index contributed by atoms with van der Waals surface area (Å²) in [5, 5.41) is 4.60. The smallest absolute Gasteiger partial charge is 0.345 e. The van der Waals surface area contributed by atoms with E-state index in [2.05, 4.69) is 16.4 Å². The Hall–Kier alpha value is -1.79. The molecule has 15 heavy (non-hydrogen) atoms. The maximum atomic E-state index is 12.8. The fraction of sp³-hybridized carbons (Fsp3) is 0.250. The van der Waals surface area contributed by atoms with Crippen LogP contribution in [0.2, 0.25) is 0 Å². The summed E-state index contributed by atoms with van der Waals surface area (Å²) in [6, 6.07) is 0. The van der Waals surface area contributed by atoms with E-state index < -0.39 is 29.6 Å². The van der Waals surface area contributed by atoms with Crippen LogP contribution in [-0.4, -0.2) is 22.8 Å². The number of hydrogen-bond acceptors (Lipinski definition) is 3. The second kappa shape index (κ2) is 4.63. The molecule has 0 fully saturated rings. The zero-order valence-corrected chi connectivity index (χ0v) is 7.47. The Morgan fingerprint density at radius 2 is 2.33 bits per heavy atom. The van der Waals surface area contributed by atoms with E-state index >= 15 is 0 Å². The number of H-pyrrole nitrogens is 1. The lowest BCUT2D eigenvalue weighted by Crippen LogP contribution is -2.09. The minimum absolute atomic E-state index is 0.188. The van der Waals surface area contributed by atoms with Gasteiger partial charge in [0.2, 0.25) is 5.95 Å². The van der Waals surface area contributed by atoms with Crippen molar-refractivity contribution in [2.75, 3.05) is 6.61 Å². The van der Waals surface area contributed by atoms with Crippen LogP contribution >= 0.6 is 0 Å². The van der Waals surface area contributed by atoms with Crippen molar-refractivity contribution >= 4 is 5.97 Å². The summed E-state index contributed by atoms with van der Waals surface area (Å²) in [5.74, 6) is -2.50. The molecule has 4 nitrogen and oxygen atoms in total. The number of hydrogen-bond donors (Lipinski definition) is 1. The highest BCUT2D eigenvalue weighted by Crippen LogP contribution is 2.22. The van der Waals surface area contributed by atoms with Crippen LogP contribution < -0.4 is 0 Å². The number of halogens is 3. The van der Waals surface area contributed by atoms with Gasteiger partial charge in [0.15, 0.2) is 0 Å². The van der Waals surface area contributed by atoms with Crippen molar-refractivity contribution in [3.05, 3.63) is 29.9 Å². The number of carbonyl (C=O) groups is 1. The van der Waals surface area contributed by atoms with Gasteiger partial charge in [-0.2, -0.15) is 4.39 Å². The normalized spacial score (nSPS) is 10.4. The molecule has 0 aliphatic rings. The number of aromatic nitrogens is 2. The maximum absolute atomic E-state index is 12.8. The molecule has 1 aromatic heterocycles. The lowest BCUT2D eigenvalue weighted by atomic mass is 10.2. The molecular formula is C8H7F3N2O2. The van der Waals surface area contributed by atoms with Gasteiger partial charge in [-0.3, -0.25) is 5.10 Å². The summed E-state index contributed by atoms with van der Waals surface area (Å²) in [7, 11) is 0. The first-order valence-corrected chi connectivity index (χ1v) is 3.87. The summed E-state index contributed by atoms with van der Waals surface area (Å²) >= 11 is 0. The van der Waals surface area contributed by atoms with Gasteiger partial charge in [-0.05, 0) is 0 Å². The third-order valence-corrected chi connectivity index (χ3v) is 1.50. The number of rotatable bonds is 4. The van der Waals surface area contributed by atoms with Gasteiger partial charge in [0.1, 0.15) is 17.9 Å². The average Bonchev–Trinajstić information content (AvgIpc) is 2.56. The Morgan fingerprint density at radius 3 is 2.87 bits per heavy atom. The van der Waals surface area contributed by atoms with E-state index in [-0.39, 0.29) is 6.61 Å². The van der Waals surface area contributed by atoms with Crippen molar-refractivity contribution in [3.8, 4) is 0 Å². The monoisotopic (exact) mass is 220 g/mol. The second-order valence-electron chi connectivity index (χ2n) is 2.49. The molecule has 0 aliphatic heterocycles. The molecule has 0 saturated carbocycles. The number of carbonyl (C=O) groups excluding carboxylic acids is 1. The zero-order chi connectivity index (χ0) is 11.4. The number of ether oxygens (including phenoxy) is 1. The quantitative estimate of drug-likeness (QED) is 0.622. The molecule has 0 atom stereocenters. The Morgan fingerprint density at radius 1 is 1.67 bits per heavy atom. The van der Waals surface area contributed by atoms with Crippen LogP contribution in [0.15, 0.2) is 12.7 Å². The van der Waals surface area contributed by atoms with Crippen LogP contribution in [0.25, 0.3) is 0 Å². The zero-order valence-electron chi connectivity index (χ0n) is 7.47. The van der Waals surface area contributed by atoms with Crippen LogP contribution in [0.4, 0.5) is 13.2 Å². The maximum Gasteiger partial charge on any atom is 0.345 e. The van der Waals surface area contributed by atoms with Crippen molar-refractivity contribution in [2.45, 2.75) is 6.43 Å². The SMILES string of the molecule is C=CCOC(=O)c1c(F)n[nH]c1C(F)F. The van der Waals surface area contributed by atoms with E-state index in [0.29, 0.717) is 0 Å². The molecule has 0 aromatic carbocycles. The third-order valence-electron chi connectivity index (χ3n) is 1.50. The third kappa shape index (κ3) is 2.36. The van der Waals surface area contributed by atoms with E-state index in [1.54, 1.807) is 5.10 Å². The lowest BCUT2D eigenvalue weighted by molar-refractivity contribution is 0.0532. The highest BCUT2D eigenvalue weighted by atomic mass is 19.3. The van der Waals surface area contributed by atoms with E-state index in [4.69, 9.17) is 0 Å². The number of aromatic amines is 1. The highest BCUT2D eigenvalue weighted by Gasteiger charge is 2.27. The molecule has 0 bridgehead atoms. The molecule has 1 heterocycles. The van der Waals surface area contributed by atoms with E-state index in [1.807, 2.05) is 0 Å². The van der Waals surface area contributed by atoms with Crippen LogP contribution in [0, 0.1) is 5.95 Å². The molecular weight excluding hydrogens is 213 g/mol. The Bertz CT molecular complexity index is 376. The van der Waals surface area contributed by atoms with Gasteiger partial charge >= 0.3 is 5.97 Å². The minimum Gasteiger partial charge on any atom is -0.458 e. The molecule has 82 valence electrons. The predicted octanol–water partition coefficient (Wildman–Crippen LogP) is 1.83. The number of nitrogens with one attached hydrogen (secondary N) is 1. The number of alkyl halides is 2. The summed E-state index contributed by atoms with van der Waals surface area (Å²) in [4.78, 5) is 11.1. The first-order valence-electron chi connectivity index (χ1n) is 3.87. The average molecular weight is 220 g/mol.